The number of H-pyrrole nitrogens is 1. The van der Waals surface area contributed by atoms with Crippen molar-refractivity contribution in [2.75, 3.05) is 6.54 Å². The molecule has 1 aliphatic rings. The van der Waals surface area contributed by atoms with Crippen molar-refractivity contribution in [1.82, 2.24) is 25.5 Å². The van der Waals surface area contributed by atoms with E-state index in [4.69, 9.17) is 11.5 Å². The van der Waals surface area contributed by atoms with Crippen LogP contribution in [0, 0.1) is 0 Å². The van der Waals surface area contributed by atoms with Crippen LogP contribution in [0.4, 0.5) is 0 Å². The number of primary amides is 1. The van der Waals surface area contributed by atoms with Crippen molar-refractivity contribution < 1.29 is 29.1 Å². The monoisotopic (exact) mass is 513 g/mol. The molecule has 37 heavy (non-hydrogen) atoms. The van der Waals surface area contributed by atoms with Crippen molar-refractivity contribution in [1.29, 1.82) is 0 Å². The van der Waals surface area contributed by atoms with Crippen LogP contribution in [-0.2, 0) is 36.8 Å². The Morgan fingerprint density at radius 3 is 2.41 bits per heavy atom. The van der Waals surface area contributed by atoms with Gasteiger partial charge in [-0.05, 0) is 18.4 Å². The number of imidazole rings is 1. The van der Waals surface area contributed by atoms with E-state index in [-0.39, 0.29) is 19.4 Å². The van der Waals surface area contributed by atoms with Crippen LogP contribution in [0.25, 0.3) is 0 Å². The van der Waals surface area contributed by atoms with Gasteiger partial charge in [-0.1, -0.05) is 30.3 Å². The van der Waals surface area contributed by atoms with Gasteiger partial charge >= 0.3 is 5.97 Å². The molecule has 13 nitrogen and oxygen atoms in total. The van der Waals surface area contributed by atoms with E-state index in [1.807, 2.05) is 6.07 Å². The summed E-state index contributed by atoms with van der Waals surface area (Å²) < 4.78 is 0. The number of carbonyl (C=O) groups excluding carboxylic acids is 4. The summed E-state index contributed by atoms with van der Waals surface area (Å²) in [6.45, 7) is 0.257. The van der Waals surface area contributed by atoms with Crippen LogP contribution in [0.5, 0.6) is 0 Å². The number of likely N-dealkylation sites (tertiary alicyclic amines) is 1. The van der Waals surface area contributed by atoms with Crippen molar-refractivity contribution in [3.8, 4) is 0 Å². The molecule has 8 N–H and O–H groups in total. The molecule has 1 saturated heterocycles. The number of benzene rings is 1. The minimum absolute atomic E-state index is 0.00538. The summed E-state index contributed by atoms with van der Waals surface area (Å²) in [4.78, 5) is 70.3. The summed E-state index contributed by atoms with van der Waals surface area (Å²) >= 11 is 0. The molecule has 1 aromatic carbocycles. The highest BCUT2D eigenvalue weighted by Crippen LogP contribution is 2.20. The quantitative estimate of drug-likeness (QED) is 0.195. The summed E-state index contributed by atoms with van der Waals surface area (Å²) in [6, 6.07) is 4.46. The second kappa shape index (κ2) is 12.6. The van der Waals surface area contributed by atoms with Crippen LogP contribution in [0.3, 0.4) is 0 Å². The van der Waals surface area contributed by atoms with E-state index < -0.39 is 60.2 Å². The minimum Gasteiger partial charge on any atom is -0.480 e. The van der Waals surface area contributed by atoms with Crippen molar-refractivity contribution in [2.24, 2.45) is 11.5 Å². The van der Waals surface area contributed by atoms with Crippen LogP contribution in [0.2, 0.25) is 0 Å². The SMILES string of the molecule is NC(=O)CC(N)C(=O)NC(Cc1cnc[nH]1)C(=O)NC(Cc1ccccc1)C(=O)N1CCCC1C(=O)O. The highest BCUT2D eigenvalue weighted by molar-refractivity contribution is 5.95. The predicted molar refractivity (Wildman–Crippen MR) is 130 cm³/mol. The molecule has 3 rings (SSSR count). The molecule has 0 saturated carbocycles. The minimum atomic E-state index is -1.27. The highest BCUT2D eigenvalue weighted by atomic mass is 16.4. The molecule has 4 unspecified atom stereocenters. The molecule has 4 atom stereocenters. The first-order valence-corrected chi connectivity index (χ1v) is 11.8. The van der Waals surface area contributed by atoms with Crippen LogP contribution in [0.15, 0.2) is 42.9 Å². The van der Waals surface area contributed by atoms with Gasteiger partial charge in [0.25, 0.3) is 0 Å². The third-order valence-electron chi connectivity index (χ3n) is 6.09. The number of hydrogen-bond acceptors (Lipinski definition) is 7. The normalized spacial score (nSPS) is 17.4. The first-order valence-electron chi connectivity index (χ1n) is 11.8. The van der Waals surface area contributed by atoms with Gasteiger partial charge in [0.1, 0.15) is 18.1 Å². The number of rotatable bonds is 12. The molecule has 13 heteroatoms. The number of nitrogens with two attached hydrogens (primary N) is 2. The van der Waals surface area contributed by atoms with E-state index >= 15 is 0 Å². The molecule has 1 fully saturated rings. The Balaban J connectivity index is 1.83. The fourth-order valence-corrected chi connectivity index (χ4v) is 4.22. The second-order valence-electron chi connectivity index (χ2n) is 8.90. The van der Waals surface area contributed by atoms with Gasteiger partial charge in [0.2, 0.25) is 23.6 Å². The number of aliphatic carboxylic acids is 1. The molecule has 1 aromatic heterocycles. The Bertz CT molecular complexity index is 1110. The lowest BCUT2D eigenvalue weighted by atomic mass is 10.0. The lowest BCUT2D eigenvalue weighted by Gasteiger charge is -2.29. The van der Waals surface area contributed by atoms with Crippen LogP contribution in [0.1, 0.15) is 30.5 Å². The maximum atomic E-state index is 13.5. The van der Waals surface area contributed by atoms with Crippen LogP contribution >= 0.6 is 0 Å². The topological polar surface area (TPSA) is 214 Å². The smallest absolute Gasteiger partial charge is 0.326 e. The zero-order valence-corrected chi connectivity index (χ0v) is 20.1. The molecule has 2 aromatic rings. The number of aromatic nitrogens is 2. The van der Waals surface area contributed by atoms with E-state index in [9.17, 15) is 29.1 Å². The second-order valence-corrected chi connectivity index (χ2v) is 8.90. The number of carboxylic acids is 1. The van der Waals surface area contributed by atoms with Gasteiger partial charge < -0.3 is 37.1 Å². The number of nitrogens with zero attached hydrogens (tertiary/aromatic N) is 2. The van der Waals surface area contributed by atoms with Gasteiger partial charge in [-0.15, -0.1) is 0 Å². The fourth-order valence-electron chi connectivity index (χ4n) is 4.22. The third-order valence-corrected chi connectivity index (χ3v) is 6.09. The lowest BCUT2D eigenvalue weighted by molar-refractivity contribution is -0.149. The maximum absolute atomic E-state index is 13.5. The number of carbonyl (C=O) groups is 5. The van der Waals surface area contributed by atoms with E-state index in [1.165, 1.54) is 17.4 Å². The van der Waals surface area contributed by atoms with E-state index in [0.717, 1.165) is 5.56 Å². The molecule has 2 heterocycles. The zero-order chi connectivity index (χ0) is 26.9. The molecule has 4 amide bonds. The third kappa shape index (κ3) is 7.61. The van der Waals surface area contributed by atoms with Crippen molar-refractivity contribution in [2.45, 2.75) is 56.3 Å². The van der Waals surface area contributed by atoms with Crippen LogP contribution in [-0.4, -0.2) is 80.3 Å². The van der Waals surface area contributed by atoms with Crippen molar-refractivity contribution in [3.63, 3.8) is 0 Å². The molecule has 1 aliphatic heterocycles. The fraction of sp³-hybridized carbons (Fsp3) is 0.417. The average molecular weight is 514 g/mol. The molecule has 0 radical (unpaired) electrons. The Kier molecular flexibility index (Phi) is 9.33. The van der Waals surface area contributed by atoms with Crippen molar-refractivity contribution >= 4 is 29.6 Å². The molecule has 0 aliphatic carbocycles. The Morgan fingerprint density at radius 1 is 1.08 bits per heavy atom. The Hall–Kier alpha value is -4.26. The molecule has 198 valence electrons. The maximum Gasteiger partial charge on any atom is 0.326 e. The van der Waals surface area contributed by atoms with Crippen molar-refractivity contribution in [3.05, 3.63) is 54.1 Å². The summed E-state index contributed by atoms with van der Waals surface area (Å²) in [7, 11) is 0. The van der Waals surface area contributed by atoms with E-state index in [1.54, 1.807) is 24.3 Å². The predicted octanol–water partition coefficient (Wildman–Crippen LogP) is -1.56. The summed E-state index contributed by atoms with van der Waals surface area (Å²) in [5.74, 6) is -3.86. The van der Waals surface area contributed by atoms with Gasteiger partial charge in [0.05, 0.1) is 18.8 Å². The lowest BCUT2D eigenvalue weighted by Crippen LogP contribution is -2.58. The van der Waals surface area contributed by atoms with Gasteiger partial charge in [0, 0.05) is 31.3 Å². The van der Waals surface area contributed by atoms with E-state index in [2.05, 4.69) is 20.6 Å². The largest absolute Gasteiger partial charge is 0.480 e. The Morgan fingerprint density at radius 2 is 1.78 bits per heavy atom. The van der Waals surface area contributed by atoms with Gasteiger partial charge in [-0.25, -0.2) is 9.78 Å². The Labute approximate surface area is 213 Å². The molecule has 0 spiro atoms. The molecular weight excluding hydrogens is 482 g/mol. The van der Waals surface area contributed by atoms with Gasteiger partial charge in [-0.2, -0.15) is 0 Å². The highest BCUT2D eigenvalue weighted by Gasteiger charge is 2.38. The van der Waals surface area contributed by atoms with Gasteiger partial charge in [0.15, 0.2) is 0 Å². The number of carboxylic acid groups (broad SMARTS) is 1. The summed E-state index contributed by atoms with van der Waals surface area (Å²) in [5, 5.41) is 14.8. The zero-order valence-electron chi connectivity index (χ0n) is 20.1. The number of nitrogens with one attached hydrogen (secondary N) is 3. The standard InChI is InChI=1S/C24H31N7O6/c25-16(11-20(26)32)21(33)29-17(10-15-12-27-13-28-15)22(34)30-18(9-14-5-2-1-3-6-14)23(35)31-8-4-7-19(31)24(36)37/h1-3,5-6,12-13,16-19H,4,7-11,25H2,(H2,26,32)(H,27,28)(H,29,33)(H,30,34)(H,36,37). The molecule has 0 bridgehead atoms. The van der Waals surface area contributed by atoms with Gasteiger partial charge in [-0.3, -0.25) is 19.2 Å². The van der Waals surface area contributed by atoms with Crippen LogP contribution < -0.4 is 22.1 Å². The number of aromatic amines is 1. The van der Waals surface area contributed by atoms with E-state index in [0.29, 0.717) is 18.5 Å². The summed E-state index contributed by atoms with van der Waals surface area (Å²) in [5.41, 5.74) is 12.1. The average Bonchev–Trinajstić information content (AvgIpc) is 3.55. The summed E-state index contributed by atoms with van der Waals surface area (Å²) in [6.07, 6.45) is 3.43. The number of amides is 4. The first kappa shape index (κ1) is 27.3. The molecular formula is C24H31N7O6. The first-order chi connectivity index (χ1) is 17.7. The number of hydrogen-bond donors (Lipinski definition) is 6.